The van der Waals surface area contributed by atoms with Crippen LogP contribution in [0.15, 0.2) is 24.3 Å². The molecule has 3 rings (SSSR count). The minimum absolute atomic E-state index is 0.230. The van der Waals surface area contributed by atoms with Gasteiger partial charge in [-0.05, 0) is 25.0 Å². The average Bonchev–Trinajstić information content (AvgIpc) is 2.83. The molecule has 1 aromatic carbocycles. The summed E-state index contributed by atoms with van der Waals surface area (Å²) in [5.41, 5.74) is 2.01. The lowest BCUT2D eigenvalue weighted by Gasteiger charge is -2.37. The Labute approximate surface area is 201 Å². The lowest BCUT2D eigenvalue weighted by molar-refractivity contribution is -0.280. The third-order valence-electron chi connectivity index (χ3n) is 5.76. The van der Waals surface area contributed by atoms with Gasteiger partial charge in [0.2, 0.25) is 11.6 Å². The van der Waals surface area contributed by atoms with Crippen LogP contribution >= 0.6 is 0 Å². The Morgan fingerprint density at radius 2 is 1.03 bits per heavy atom. The average molecular weight is 481 g/mol. The van der Waals surface area contributed by atoms with Crippen molar-refractivity contribution in [2.75, 3.05) is 54.6 Å². The van der Waals surface area contributed by atoms with Crippen molar-refractivity contribution in [1.29, 1.82) is 0 Å². The lowest BCUT2D eigenvalue weighted by Crippen LogP contribution is -2.54. The molecule has 190 valence electrons. The highest BCUT2D eigenvalue weighted by Crippen LogP contribution is 2.24. The summed E-state index contributed by atoms with van der Waals surface area (Å²) >= 11 is 0. The molecule has 10 nitrogen and oxygen atoms in total. The Balaban J connectivity index is 1.38. The Kier molecular flexibility index (Phi) is 8.66. The molecule has 0 N–H and O–H groups in total. The van der Waals surface area contributed by atoms with E-state index in [0.29, 0.717) is 13.2 Å². The maximum absolute atomic E-state index is 12.2. The van der Waals surface area contributed by atoms with Crippen LogP contribution in [0.1, 0.15) is 25.0 Å². The fourth-order valence-electron chi connectivity index (χ4n) is 3.60. The predicted molar refractivity (Wildman–Crippen MR) is 122 cm³/mol. The second kappa shape index (κ2) is 11.1. The van der Waals surface area contributed by atoms with Gasteiger partial charge in [-0.25, -0.2) is 0 Å². The molecular weight excluding hydrogens is 444 g/mol. The number of likely N-dealkylation sites (N-methyl/N-ethyl adjacent to an activating group) is 2. The molecule has 2 aliphatic heterocycles. The number of carbonyl (C=O) groups is 2. The summed E-state index contributed by atoms with van der Waals surface area (Å²) in [7, 11) is 6.66. The third-order valence-corrected chi connectivity index (χ3v) is 5.76. The Morgan fingerprint density at radius 3 is 1.29 bits per heavy atom. The molecule has 0 atom stereocenters. The van der Waals surface area contributed by atoms with Crippen LogP contribution in [0.5, 0.6) is 0 Å². The van der Waals surface area contributed by atoms with Crippen molar-refractivity contribution in [2.24, 2.45) is 0 Å². The summed E-state index contributed by atoms with van der Waals surface area (Å²) in [6.07, 6.45) is -0.496. The smallest absolute Gasteiger partial charge is 0.282 e. The van der Waals surface area contributed by atoms with E-state index in [-0.39, 0.29) is 50.4 Å². The van der Waals surface area contributed by atoms with Crippen LogP contribution in [0, 0.1) is 0 Å². The SMILES string of the molecule is CN(C)C(=O)C1(C)OCC(OCc2ccc(COC3COC(C)(C(=O)N(C)C)OC3)cc2)CO1. The van der Waals surface area contributed by atoms with Gasteiger partial charge in [0.25, 0.3) is 11.8 Å². The van der Waals surface area contributed by atoms with E-state index in [0.717, 1.165) is 11.1 Å². The first-order chi connectivity index (χ1) is 16.0. The summed E-state index contributed by atoms with van der Waals surface area (Å²) in [6.45, 7) is 5.19. The van der Waals surface area contributed by atoms with Crippen LogP contribution in [-0.2, 0) is 51.2 Å². The van der Waals surface area contributed by atoms with E-state index in [9.17, 15) is 9.59 Å². The van der Waals surface area contributed by atoms with Crippen molar-refractivity contribution in [1.82, 2.24) is 9.80 Å². The molecule has 0 aromatic heterocycles. The van der Waals surface area contributed by atoms with Gasteiger partial charge >= 0.3 is 0 Å². The van der Waals surface area contributed by atoms with Gasteiger partial charge in [-0.3, -0.25) is 9.59 Å². The highest BCUT2D eigenvalue weighted by molar-refractivity contribution is 5.83. The minimum atomic E-state index is -1.26. The summed E-state index contributed by atoms with van der Waals surface area (Å²) in [6, 6.07) is 7.90. The van der Waals surface area contributed by atoms with Crippen LogP contribution < -0.4 is 0 Å². The van der Waals surface area contributed by atoms with Crippen LogP contribution in [0.25, 0.3) is 0 Å². The third kappa shape index (κ3) is 6.53. The molecule has 0 radical (unpaired) electrons. The van der Waals surface area contributed by atoms with Gasteiger partial charge < -0.3 is 38.2 Å². The predicted octanol–water partition coefficient (Wildman–Crippen LogP) is 1.16. The van der Waals surface area contributed by atoms with Gasteiger partial charge in [0.05, 0.1) is 39.6 Å². The molecule has 2 amide bonds. The highest BCUT2D eigenvalue weighted by Gasteiger charge is 2.42. The Hall–Kier alpha value is -2.08. The summed E-state index contributed by atoms with van der Waals surface area (Å²) in [4.78, 5) is 27.2. The maximum Gasteiger partial charge on any atom is 0.282 e. The van der Waals surface area contributed by atoms with Gasteiger partial charge in [-0.2, -0.15) is 0 Å². The van der Waals surface area contributed by atoms with Crippen molar-refractivity contribution < 1.29 is 38.0 Å². The first kappa shape index (κ1) is 26.5. The highest BCUT2D eigenvalue weighted by atomic mass is 16.7. The van der Waals surface area contributed by atoms with Crippen molar-refractivity contribution in [3.8, 4) is 0 Å². The number of ether oxygens (including phenoxy) is 6. The number of nitrogens with zero attached hydrogens (tertiary/aromatic N) is 2. The number of hydrogen-bond donors (Lipinski definition) is 0. The number of carbonyl (C=O) groups excluding carboxylic acids is 2. The van der Waals surface area contributed by atoms with Crippen LogP contribution in [-0.4, -0.2) is 100 Å². The Morgan fingerprint density at radius 1 is 0.735 bits per heavy atom. The lowest BCUT2D eigenvalue weighted by atomic mass is 10.1. The molecular formula is C24H36N2O8. The minimum Gasteiger partial charge on any atom is -0.369 e. The van der Waals surface area contributed by atoms with E-state index in [1.54, 1.807) is 42.0 Å². The molecule has 2 fully saturated rings. The van der Waals surface area contributed by atoms with E-state index in [4.69, 9.17) is 28.4 Å². The van der Waals surface area contributed by atoms with Crippen LogP contribution in [0.4, 0.5) is 0 Å². The second-order valence-corrected chi connectivity index (χ2v) is 9.22. The van der Waals surface area contributed by atoms with Crippen LogP contribution in [0.3, 0.4) is 0 Å². The van der Waals surface area contributed by atoms with Gasteiger partial charge in [0.1, 0.15) is 12.2 Å². The molecule has 0 aliphatic carbocycles. The van der Waals surface area contributed by atoms with Gasteiger partial charge in [-0.1, -0.05) is 24.3 Å². The van der Waals surface area contributed by atoms with Crippen molar-refractivity contribution in [2.45, 2.75) is 50.8 Å². The summed E-state index contributed by atoms with van der Waals surface area (Å²) in [5.74, 6) is -2.99. The molecule has 1 aromatic rings. The van der Waals surface area contributed by atoms with E-state index < -0.39 is 11.6 Å². The van der Waals surface area contributed by atoms with Gasteiger partial charge in [0.15, 0.2) is 0 Å². The summed E-state index contributed by atoms with van der Waals surface area (Å²) in [5, 5.41) is 0. The van der Waals surface area contributed by atoms with Crippen molar-refractivity contribution >= 4 is 11.8 Å². The van der Waals surface area contributed by atoms with E-state index in [2.05, 4.69) is 0 Å². The monoisotopic (exact) mass is 480 g/mol. The molecule has 2 aliphatic rings. The van der Waals surface area contributed by atoms with Gasteiger partial charge in [0, 0.05) is 28.2 Å². The topological polar surface area (TPSA) is 96.0 Å². The molecule has 0 bridgehead atoms. The largest absolute Gasteiger partial charge is 0.369 e. The normalized spacial score (nSPS) is 29.5. The van der Waals surface area contributed by atoms with E-state index >= 15 is 0 Å². The number of benzene rings is 1. The zero-order valence-corrected chi connectivity index (χ0v) is 20.9. The molecule has 0 unspecified atom stereocenters. The molecule has 34 heavy (non-hydrogen) atoms. The summed E-state index contributed by atoms with van der Waals surface area (Å²) < 4.78 is 34.3. The molecule has 2 heterocycles. The number of amides is 2. The van der Waals surface area contributed by atoms with E-state index in [1.807, 2.05) is 24.3 Å². The molecule has 10 heteroatoms. The standard InChI is InChI=1S/C24H36N2O8/c1-23(21(27)25(3)4)31-13-19(14-32-23)29-11-17-7-9-18(10-8-17)12-30-20-15-33-24(2,34-16-20)22(28)26(5)6/h7-10,19-20H,11-16H2,1-6H3. The zero-order valence-electron chi connectivity index (χ0n) is 20.9. The molecule has 0 spiro atoms. The zero-order chi connectivity index (χ0) is 24.9. The molecule has 0 saturated carbocycles. The maximum atomic E-state index is 12.2. The van der Waals surface area contributed by atoms with Crippen molar-refractivity contribution in [3.63, 3.8) is 0 Å². The quantitative estimate of drug-likeness (QED) is 0.547. The fourth-order valence-corrected chi connectivity index (χ4v) is 3.60. The van der Waals surface area contributed by atoms with E-state index in [1.165, 1.54) is 9.80 Å². The van der Waals surface area contributed by atoms with Crippen molar-refractivity contribution in [3.05, 3.63) is 35.4 Å². The number of rotatable bonds is 8. The van der Waals surface area contributed by atoms with Crippen LogP contribution in [0.2, 0.25) is 0 Å². The first-order valence-electron chi connectivity index (χ1n) is 11.3. The Bertz CT molecular complexity index is 757. The fraction of sp³-hybridized carbons (Fsp3) is 0.667. The molecule has 2 saturated heterocycles. The number of hydrogen-bond acceptors (Lipinski definition) is 8. The first-order valence-corrected chi connectivity index (χ1v) is 11.3. The van der Waals surface area contributed by atoms with Gasteiger partial charge in [-0.15, -0.1) is 0 Å². The second-order valence-electron chi connectivity index (χ2n) is 9.22.